The van der Waals surface area contributed by atoms with Crippen molar-refractivity contribution in [1.29, 1.82) is 0 Å². The van der Waals surface area contributed by atoms with E-state index >= 15 is 0 Å². The summed E-state index contributed by atoms with van der Waals surface area (Å²) in [7, 11) is 0. The summed E-state index contributed by atoms with van der Waals surface area (Å²) in [6.45, 7) is 6.65. The van der Waals surface area contributed by atoms with E-state index in [4.69, 9.17) is 17.3 Å². The van der Waals surface area contributed by atoms with Crippen LogP contribution in [0.1, 0.15) is 43.1 Å². The van der Waals surface area contributed by atoms with Crippen molar-refractivity contribution in [3.05, 3.63) is 34.3 Å². The van der Waals surface area contributed by atoms with Gasteiger partial charge in [0.2, 0.25) is 0 Å². The van der Waals surface area contributed by atoms with Gasteiger partial charge in [-0.2, -0.15) is 0 Å². The lowest BCUT2D eigenvalue weighted by Gasteiger charge is -2.20. The lowest BCUT2D eigenvalue weighted by atomic mass is 9.86. The summed E-state index contributed by atoms with van der Waals surface area (Å²) in [5.41, 5.74) is 7.04. The number of rotatable bonds is 3. The van der Waals surface area contributed by atoms with Gasteiger partial charge in [0.25, 0.3) is 0 Å². The molecule has 0 aromatic heterocycles. The molecule has 1 rings (SSSR count). The SMILES string of the molecule is CC(C)(C)c1ccc(C(=O)CCN)cc1Cl. The molecule has 0 aliphatic rings. The Morgan fingerprint density at radius 3 is 2.44 bits per heavy atom. The third-order valence-corrected chi connectivity index (χ3v) is 2.78. The number of ketones is 1. The first kappa shape index (κ1) is 13.2. The minimum absolute atomic E-state index is 0.00741. The Bertz CT molecular complexity index is 393. The zero-order chi connectivity index (χ0) is 12.3. The first-order valence-electron chi connectivity index (χ1n) is 5.39. The second-order valence-electron chi connectivity index (χ2n) is 4.91. The van der Waals surface area contributed by atoms with E-state index in [-0.39, 0.29) is 11.2 Å². The molecular weight excluding hydrogens is 222 g/mol. The number of carbonyl (C=O) groups is 1. The topological polar surface area (TPSA) is 43.1 Å². The van der Waals surface area contributed by atoms with Crippen molar-refractivity contribution in [2.45, 2.75) is 32.6 Å². The lowest BCUT2D eigenvalue weighted by molar-refractivity contribution is 0.0985. The normalized spacial score (nSPS) is 11.6. The van der Waals surface area contributed by atoms with Crippen molar-refractivity contribution in [2.24, 2.45) is 5.73 Å². The van der Waals surface area contributed by atoms with E-state index in [2.05, 4.69) is 20.8 Å². The first-order chi connectivity index (χ1) is 7.36. The van der Waals surface area contributed by atoms with Gasteiger partial charge in [-0.05, 0) is 23.6 Å². The van der Waals surface area contributed by atoms with Crippen LogP contribution in [0.25, 0.3) is 0 Å². The molecule has 0 amide bonds. The fourth-order valence-corrected chi connectivity index (χ4v) is 2.04. The van der Waals surface area contributed by atoms with E-state index in [0.29, 0.717) is 23.6 Å². The van der Waals surface area contributed by atoms with Crippen molar-refractivity contribution in [3.63, 3.8) is 0 Å². The first-order valence-corrected chi connectivity index (χ1v) is 5.77. The van der Waals surface area contributed by atoms with Gasteiger partial charge in [-0.15, -0.1) is 0 Å². The third-order valence-electron chi connectivity index (χ3n) is 2.47. The van der Waals surface area contributed by atoms with Gasteiger partial charge in [-0.25, -0.2) is 0 Å². The predicted octanol–water partition coefficient (Wildman–Crippen LogP) is 3.17. The van der Waals surface area contributed by atoms with Crippen LogP contribution in [0.5, 0.6) is 0 Å². The van der Waals surface area contributed by atoms with E-state index in [0.717, 1.165) is 5.56 Å². The highest BCUT2D eigenvalue weighted by Gasteiger charge is 2.18. The molecule has 0 saturated heterocycles. The van der Waals surface area contributed by atoms with Crippen LogP contribution in [0.15, 0.2) is 18.2 Å². The van der Waals surface area contributed by atoms with Crippen LogP contribution in [-0.4, -0.2) is 12.3 Å². The van der Waals surface area contributed by atoms with Crippen LogP contribution in [0.4, 0.5) is 0 Å². The predicted molar refractivity (Wildman–Crippen MR) is 68.2 cm³/mol. The molecule has 0 spiro atoms. The van der Waals surface area contributed by atoms with E-state index in [1.54, 1.807) is 6.07 Å². The zero-order valence-electron chi connectivity index (χ0n) is 10.0. The van der Waals surface area contributed by atoms with Crippen LogP contribution in [0, 0.1) is 0 Å². The fraction of sp³-hybridized carbons (Fsp3) is 0.462. The van der Waals surface area contributed by atoms with Crippen LogP contribution in [0.3, 0.4) is 0 Å². The standard InChI is InChI=1S/C13H18ClNO/c1-13(2,3)10-5-4-9(8-11(10)14)12(16)6-7-15/h4-5,8H,6-7,15H2,1-3H3. The quantitative estimate of drug-likeness (QED) is 0.824. The zero-order valence-corrected chi connectivity index (χ0v) is 10.8. The minimum atomic E-state index is -0.00741. The smallest absolute Gasteiger partial charge is 0.164 e. The highest BCUT2D eigenvalue weighted by atomic mass is 35.5. The molecule has 0 bridgehead atoms. The maximum atomic E-state index is 11.6. The molecule has 88 valence electrons. The van der Waals surface area contributed by atoms with Crippen LogP contribution >= 0.6 is 11.6 Å². The van der Waals surface area contributed by atoms with Gasteiger partial charge in [-0.3, -0.25) is 4.79 Å². The average Bonchev–Trinajstić information content (AvgIpc) is 2.16. The summed E-state index contributed by atoms with van der Waals surface area (Å²) in [4.78, 5) is 11.6. The van der Waals surface area contributed by atoms with E-state index < -0.39 is 0 Å². The summed E-state index contributed by atoms with van der Waals surface area (Å²) in [6, 6.07) is 5.48. The largest absolute Gasteiger partial charge is 0.330 e. The highest BCUT2D eigenvalue weighted by Crippen LogP contribution is 2.30. The molecular formula is C13H18ClNO. The Hall–Kier alpha value is -0.860. The molecule has 16 heavy (non-hydrogen) atoms. The number of Topliss-reactive ketones (excluding diaryl/α,β-unsaturated/α-hetero) is 1. The molecule has 0 atom stereocenters. The monoisotopic (exact) mass is 239 g/mol. The van der Waals surface area contributed by atoms with Gasteiger partial charge in [0.05, 0.1) is 0 Å². The maximum absolute atomic E-state index is 11.6. The van der Waals surface area contributed by atoms with E-state index in [1.165, 1.54) is 0 Å². The van der Waals surface area contributed by atoms with Gasteiger partial charge in [-0.1, -0.05) is 44.5 Å². The van der Waals surface area contributed by atoms with Crippen molar-refractivity contribution < 1.29 is 4.79 Å². The van der Waals surface area contributed by atoms with E-state index in [1.807, 2.05) is 12.1 Å². The van der Waals surface area contributed by atoms with E-state index in [9.17, 15) is 4.79 Å². The number of hydrogen-bond donors (Lipinski definition) is 1. The number of halogens is 1. The summed E-state index contributed by atoms with van der Waals surface area (Å²) in [5, 5.41) is 0.648. The summed E-state index contributed by atoms with van der Waals surface area (Å²) < 4.78 is 0. The van der Waals surface area contributed by atoms with Crippen molar-refractivity contribution in [3.8, 4) is 0 Å². The molecule has 2 nitrogen and oxygen atoms in total. The molecule has 0 fully saturated rings. The van der Waals surface area contributed by atoms with Crippen molar-refractivity contribution in [2.75, 3.05) is 6.54 Å². The van der Waals surface area contributed by atoms with Crippen LogP contribution in [-0.2, 0) is 5.41 Å². The third kappa shape index (κ3) is 3.06. The second kappa shape index (κ2) is 4.98. The molecule has 0 aliphatic heterocycles. The average molecular weight is 240 g/mol. The molecule has 0 radical (unpaired) electrons. The molecule has 3 heteroatoms. The molecule has 0 saturated carbocycles. The van der Waals surface area contributed by atoms with Gasteiger partial charge in [0.1, 0.15) is 0 Å². The number of hydrogen-bond acceptors (Lipinski definition) is 2. The Labute approximate surface area is 102 Å². The van der Waals surface area contributed by atoms with Crippen molar-refractivity contribution >= 4 is 17.4 Å². The van der Waals surface area contributed by atoms with Crippen molar-refractivity contribution in [1.82, 2.24) is 0 Å². The molecule has 1 aromatic rings. The number of nitrogens with two attached hydrogens (primary N) is 1. The van der Waals surface area contributed by atoms with Crippen LogP contribution < -0.4 is 5.73 Å². The minimum Gasteiger partial charge on any atom is -0.330 e. The number of benzene rings is 1. The molecule has 0 aliphatic carbocycles. The fourth-order valence-electron chi connectivity index (χ4n) is 1.57. The summed E-state index contributed by atoms with van der Waals surface area (Å²) >= 11 is 6.17. The Morgan fingerprint density at radius 2 is 2.00 bits per heavy atom. The number of carbonyl (C=O) groups excluding carboxylic acids is 1. The Balaban J connectivity index is 3.05. The lowest BCUT2D eigenvalue weighted by Crippen LogP contribution is -2.13. The molecule has 2 N–H and O–H groups in total. The van der Waals surface area contributed by atoms with Gasteiger partial charge >= 0.3 is 0 Å². The summed E-state index contributed by atoms with van der Waals surface area (Å²) in [5.74, 6) is 0.0462. The molecule has 0 unspecified atom stereocenters. The van der Waals surface area contributed by atoms with Crippen LogP contribution in [0.2, 0.25) is 5.02 Å². The molecule has 0 heterocycles. The van der Waals surface area contributed by atoms with Gasteiger partial charge < -0.3 is 5.73 Å². The Kier molecular flexibility index (Phi) is 4.11. The molecule has 1 aromatic carbocycles. The Morgan fingerprint density at radius 1 is 1.38 bits per heavy atom. The highest BCUT2D eigenvalue weighted by molar-refractivity contribution is 6.31. The van der Waals surface area contributed by atoms with Gasteiger partial charge in [0.15, 0.2) is 5.78 Å². The maximum Gasteiger partial charge on any atom is 0.164 e. The second-order valence-corrected chi connectivity index (χ2v) is 5.31. The summed E-state index contributed by atoms with van der Waals surface area (Å²) in [6.07, 6.45) is 0.366. The van der Waals surface area contributed by atoms with Gasteiger partial charge in [0, 0.05) is 17.0 Å².